The van der Waals surface area contributed by atoms with Gasteiger partial charge in [-0.05, 0) is 47.9 Å². The molecular weight excluding hydrogens is 449 g/mol. The molecule has 1 fully saturated rings. The molecule has 4 amide bonds. The van der Waals surface area contributed by atoms with Gasteiger partial charge in [-0.3, -0.25) is 9.59 Å². The van der Waals surface area contributed by atoms with Crippen LogP contribution in [0.15, 0.2) is 78.5 Å². The molecule has 0 spiro atoms. The lowest BCUT2D eigenvalue weighted by Crippen LogP contribution is -2.38. The van der Waals surface area contributed by atoms with E-state index in [4.69, 9.17) is 4.74 Å². The molecule has 7 nitrogen and oxygen atoms in total. The zero-order valence-corrected chi connectivity index (χ0v) is 19.1. The number of amides is 4. The van der Waals surface area contributed by atoms with Gasteiger partial charge in [0.1, 0.15) is 30.4 Å². The van der Waals surface area contributed by atoms with Crippen LogP contribution < -0.4 is 15.4 Å². The first kappa shape index (κ1) is 23.7. The number of aryl methyl sites for hydroxylation is 1. The second-order valence-electron chi connectivity index (χ2n) is 7.89. The third-order valence-corrected chi connectivity index (χ3v) is 5.44. The summed E-state index contributed by atoms with van der Waals surface area (Å²) < 4.78 is 19.3. The van der Waals surface area contributed by atoms with E-state index < -0.39 is 24.4 Å². The van der Waals surface area contributed by atoms with Gasteiger partial charge in [0.2, 0.25) is 5.91 Å². The molecule has 0 saturated carbocycles. The summed E-state index contributed by atoms with van der Waals surface area (Å²) in [6.07, 6.45) is 2.22. The number of nitrogens with zero attached hydrogens (tertiary/aromatic N) is 1. The maximum absolute atomic E-state index is 13.4. The van der Waals surface area contributed by atoms with E-state index in [1.807, 2.05) is 19.1 Å². The Labute approximate surface area is 202 Å². The normalized spacial score (nSPS) is 14.2. The third-order valence-electron chi connectivity index (χ3n) is 5.44. The van der Waals surface area contributed by atoms with Crippen molar-refractivity contribution in [3.63, 3.8) is 0 Å². The van der Waals surface area contributed by atoms with Crippen molar-refractivity contribution in [3.05, 3.63) is 101 Å². The summed E-state index contributed by atoms with van der Waals surface area (Å²) in [5, 5.41) is 5.28. The van der Waals surface area contributed by atoms with Crippen molar-refractivity contribution in [2.75, 3.05) is 11.9 Å². The summed E-state index contributed by atoms with van der Waals surface area (Å²) in [4.78, 5) is 38.7. The Hall–Kier alpha value is -4.46. The van der Waals surface area contributed by atoms with Gasteiger partial charge in [-0.25, -0.2) is 14.1 Å². The smallest absolute Gasteiger partial charge is 0.329 e. The largest absolute Gasteiger partial charge is 0.488 e. The highest BCUT2D eigenvalue weighted by molar-refractivity contribution is 6.16. The van der Waals surface area contributed by atoms with Crippen LogP contribution in [0.5, 0.6) is 5.75 Å². The number of halogens is 1. The van der Waals surface area contributed by atoms with E-state index in [1.54, 1.807) is 48.5 Å². The van der Waals surface area contributed by atoms with Crippen molar-refractivity contribution in [3.8, 4) is 5.75 Å². The maximum Gasteiger partial charge on any atom is 0.329 e. The summed E-state index contributed by atoms with van der Waals surface area (Å²) in [5.41, 5.74) is 2.83. The van der Waals surface area contributed by atoms with Gasteiger partial charge in [0.05, 0.1) is 0 Å². The van der Waals surface area contributed by atoms with Crippen molar-refractivity contribution >= 4 is 29.6 Å². The fraction of sp³-hybridized carbons (Fsp3) is 0.148. The number of ether oxygens (including phenoxy) is 1. The molecule has 0 bridgehead atoms. The van der Waals surface area contributed by atoms with Crippen molar-refractivity contribution in [2.24, 2.45) is 0 Å². The fourth-order valence-corrected chi connectivity index (χ4v) is 3.67. The Balaban J connectivity index is 1.45. The van der Waals surface area contributed by atoms with Gasteiger partial charge in [0.15, 0.2) is 0 Å². The third kappa shape index (κ3) is 5.73. The summed E-state index contributed by atoms with van der Waals surface area (Å²) >= 11 is 0. The second-order valence-corrected chi connectivity index (χ2v) is 7.89. The molecule has 0 atom stereocenters. The second kappa shape index (κ2) is 10.6. The number of nitrogens with one attached hydrogen (secondary N) is 2. The van der Waals surface area contributed by atoms with Crippen LogP contribution in [0.1, 0.15) is 23.6 Å². The van der Waals surface area contributed by atoms with Crippen LogP contribution in [-0.2, 0) is 22.6 Å². The first-order valence-electron chi connectivity index (χ1n) is 11.1. The average Bonchev–Trinajstić information content (AvgIpc) is 3.11. The molecule has 1 aliphatic rings. The Kier molecular flexibility index (Phi) is 7.21. The van der Waals surface area contributed by atoms with Gasteiger partial charge in [-0.1, -0.05) is 55.5 Å². The minimum absolute atomic E-state index is 0.0264. The summed E-state index contributed by atoms with van der Waals surface area (Å²) in [6.45, 7) is 1.68. The fourth-order valence-electron chi connectivity index (χ4n) is 3.67. The molecule has 3 aromatic rings. The Bertz CT molecular complexity index is 1300. The zero-order valence-electron chi connectivity index (χ0n) is 19.1. The molecule has 4 rings (SSSR count). The number of carbonyl (C=O) groups is 3. The number of imide groups is 1. The lowest BCUT2D eigenvalue weighted by Gasteiger charge is -2.13. The van der Waals surface area contributed by atoms with Gasteiger partial charge in [0, 0.05) is 11.3 Å². The van der Waals surface area contributed by atoms with Crippen molar-refractivity contribution in [1.29, 1.82) is 0 Å². The molecule has 0 aliphatic carbocycles. The lowest BCUT2D eigenvalue weighted by molar-refractivity contribution is -0.127. The summed E-state index contributed by atoms with van der Waals surface area (Å²) in [7, 11) is 0. The molecule has 0 aromatic heterocycles. The number of anilines is 1. The Morgan fingerprint density at radius 2 is 1.83 bits per heavy atom. The van der Waals surface area contributed by atoms with E-state index >= 15 is 0 Å². The monoisotopic (exact) mass is 473 g/mol. The number of rotatable bonds is 8. The molecule has 2 N–H and O–H groups in total. The van der Waals surface area contributed by atoms with Crippen LogP contribution in [0, 0.1) is 5.82 Å². The molecule has 3 aromatic carbocycles. The van der Waals surface area contributed by atoms with Crippen molar-refractivity contribution in [2.45, 2.75) is 20.0 Å². The number of para-hydroxylation sites is 2. The van der Waals surface area contributed by atoms with Gasteiger partial charge in [0.25, 0.3) is 5.91 Å². The SMILES string of the molecule is CCc1ccccc1NC(=O)CN1C(=O)N/C(=C/c2ccccc2OCc2cccc(F)c2)C1=O. The predicted octanol–water partition coefficient (Wildman–Crippen LogP) is 4.50. The molecule has 1 saturated heterocycles. The Morgan fingerprint density at radius 1 is 1.06 bits per heavy atom. The Morgan fingerprint density at radius 3 is 2.63 bits per heavy atom. The minimum Gasteiger partial charge on any atom is -0.488 e. The van der Waals surface area contributed by atoms with Crippen LogP contribution in [-0.4, -0.2) is 29.3 Å². The minimum atomic E-state index is -0.682. The predicted molar refractivity (Wildman–Crippen MR) is 130 cm³/mol. The van der Waals surface area contributed by atoms with Crippen LogP contribution >= 0.6 is 0 Å². The van der Waals surface area contributed by atoms with Crippen LogP contribution in [0.2, 0.25) is 0 Å². The number of benzene rings is 3. The molecule has 1 aliphatic heterocycles. The highest BCUT2D eigenvalue weighted by atomic mass is 19.1. The molecule has 0 radical (unpaired) electrons. The molecular formula is C27H24FN3O4. The highest BCUT2D eigenvalue weighted by Crippen LogP contribution is 2.24. The molecule has 0 unspecified atom stereocenters. The van der Waals surface area contributed by atoms with Crippen LogP contribution in [0.25, 0.3) is 6.08 Å². The van der Waals surface area contributed by atoms with Gasteiger partial charge in [-0.2, -0.15) is 0 Å². The lowest BCUT2D eigenvalue weighted by atomic mass is 10.1. The van der Waals surface area contributed by atoms with Crippen molar-refractivity contribution < 1.29 is 23.5 Å². The van der Waals surface area contributed by atoms with E-state index in [-0.39, 0.29) is 18.1 Å². The molecule has 8 heteroatoms. The number of carbonyl (C=O) groups excluding carboxylic acids is 3. The van der Waals surface area contributed by atoms with Gasteiger partial charge in [-0.15, -0.1) is 0 Å². The standard InChI is InChI=1S/C27H24FN3O4/c1-2-19-9-3-5-12-22(19)29-25(32)16-31-26(33)23(30-27(31)34)15-20-10-4-6-13-24(20)35-17-18-8-7-11-21(28)14-18/h3-15H,2,16-17H2,1H3,(H,29,32)(H,30,34)/b23-15+. The van der Waals surface area contributed by atoms with E-state index in [1.165, 1.54) is 18.2 Å². The highest BCUT2D eigenvalue weighted by Gasteiger charge is 2.35. The van der Waals surface area contributed by atoms with Crippen molar-refractivity contribution in [1.82, 2.24) is 10.2 Å². The zero-order chi connectivity index (χ0) is 24.8. The first-order chi connectivity index (χ1) is 16.9. The van der Waals surface area contributed by atoms with Gasteiger partial charge < -0.3 is 15.4 Å². The maximum atomic E-state index is 13.4. The quantitative estimate of drug-likeness (QED) is 0.373. The molecule has 35 heavy (non-hydrogen) atoms. The number of hydrogen-bond acceptors (Lipinski definition) is 4. The number of hydrogen-bond donors (Lipinski definition) is 2. The van der Waals surface area contributed by atoms with E-state index in [2.05, 4.69) is 10.6 Å². The summed E-state index contributed by atoms with van der Waals surface area (Å²) in [6, 6.07) is 19.7. The van der Waals surface area contributed by atoms with E-state index in [0.717, 1.165) is 16.9 Å². The molecule has 1 heterocycles. The number of urea groups is 1. The van der Waals surface area contributed by atoms with Crippen LogP contribution in [0.4, 0.5) is 14.9 Å². The van der Waals surface area contributed by atoms with E-state index in [0.29, 0.717) is 22.6 Å². The van der Waals surface area contributed by atoms with E-state index in [9.17, 15) is 18.8 Å². The average molecular weight is 474 g/mol. The topological polar surface area (TPSA) is 87.7 Å². The first-order valence-corrected chi connectivity index (χ1v) is 11.1. The molecule has 178 valence electrons. The van der Waals surface area contributed by atoms with Crippen LogP contribution in [0.3, 0.4) is 0 Å². The summed E-state index contributed by atoms with van der Waals surface area (Å²) in [5.74, 6) is -0.995. The van der Waals surface area contributed by atoms with Gasteiger partial charge >= 0.3 is 6.03 Å².